The molecule has 0 aromatic carbocycles. The summed E-state index contributed by atoms with van der Waals surface area (Å²) in [7, 11) is 0. The summed E-state index contributed by atoms with van der Waals surface area (Å²) in [5.41, 5.74) is 0. The predicted molar refractivity (Wildman–Crippen MR) is 240 cm³/mol. The molecule has 1 atom stereocenters. The Morgan fingerprint density at radius 2 is 0.786 bits per heavy atom. The minimum absolute atomic E-state index is 0.00253. The molecule has 0 fully saturated rings. The molecule has 0 rings (SSSR count). The molecular formula is C50H93NO5. The first-order chi connectivity index (χ1) is 27.5. The van der Waals surface area contributed by atoms with E-state index >= 15 is 0 Å². The van der Waals surface area contributed by atoms with E-state index in [9.17, 15) is 14.4 Å². The Morgan fingerprint density at radius 3 is 1.21 bits per heavy atom. The zero-order chi connectivity index (χ0) is 40.8. The number of amides is 1. The highest BCUT2D eigenvalue weighted by Gasteiger charge is 2.14. The van der Waals surface area contributed by atoms with E-state index in [0.717, 1.165) is 70.6 Å². The Hall–Kier alpha value is -2.11. The molecule has 0 saturated carbocycles. The van der Waals surface area contributed by atoms with Crippen molar-refractivity contribution >= 4 is 17.8 Å². The summed E-state index contributed by atoms with van der Waals surface area (Å²) in [6.07, 6.45) is 56.1. The molecular weight excluding hydrogens is 695 g/mol. The van der Waals surface area contributed by atoms with Gasteiger partial charge in [0.2, 0.25) is 5.91 Å². The van der Waals surface area contributed by atoms with Gasteiger partial charge >= 0.3 is 11.9 Å². The smallest absolute Gasteiger partial charge is 0.322 e. The van der Waals surface area contributed by atoms with Crippen LogP contribution in [0.15, 0.2) is 24.3 Å². The Balaban J connectivity index is 4.01. The third kappa shape index (κ3) is 44.6. The van der Waals surface area contributed by atoms with E-state index in [1.807, 2.05) is 0 Å². The first-order valence-corrected chi connectivity index (χ1v) is 24.5. The monoisotopic (exact) mass is 788 g/mol. The van der Waals surface area contributed by atoms with Crippen molar-refractivity contribution in [3.63, 3.8) is 0 Å². The maximum atomic E-state index is 12.8. The molecule has 0 bridgehead atoms. The number of nitrogens with one attached hydrogen (secondary N) is 1. The molecule has 0 radical (unpaired) electrons. The maximum Gasteiger partial charge on any atom is 0.322 e. The highest BCUT2D eigenvalue weighted by Crippen LogP contribution is 2.18. The maximum absolute atomic E-state index is 12.8. The van der Waals surface area contributed by atoms with Gasteiger partial charge in [0.05, 0.1) is 0 Å². The van der Waals surface area contributed by atoms with Gasteiger partial charge in [-0.2, -0.15) is 0 Å². The Labute approximate surface area is 347 Å². The van der Waals surface area contributed by atoms with Crippen molar-refractivity contribution in [3.05, 3.63) is 24.3 Å². The number of rotatable bonds is 45. The third-order valence-electron chi connectivity index (χ3n) is 11.1. The molecule has 0 aromatic heterocycles. The number of esters is 1. The Kier molecular flexibility index (Phi) is 43.9. The SMILES string of the molecule is CCCCCCCC/C=C\CCCC(CCCCCCCC(=O)NCC(=O)O)OC(=O)CCCCCCCCCCCCC/C=C\CCCCCCCCCC. The van der Waals surface area contributed by atoms with Crippen LogP contribution in [0.2, 0.25) is 0 Å². The molecule has 1 amide bonds. The Bertz CT molecular complexity index is 915. The first-order valence-electron chi connectivity index (χ1n) is 24.5. The molecule has 0 aliphatic carbocycles. The van der Waals surface area contributed by atoms with E-state index in [0.29, 0.717) is 12.8 Å². The van der Waals surface area contributed by atoms with E-state index in [-0.39, 0.29) is 24.5 Å². The molecule has 2 N–H and O–H groups in total. The van der Waals surface area contributed by atoms with Crippen LogP contribution in [0.4, 0.5) is 0 Å². The summed E-state index contributed by atoms with van der Waals surface area (Å²) < 4.78 is 6.03. The van der Waals surface area contributed by atoms with Crippen LogP contribution in [-0.4, -0.2) is 35.6 Å². The molecule has 0 heterocycles. The van der Waals surface area contributed by atoms with Crippen LogP contribution in [0.5, 0.6) is 0 Å². The molecule has 56 heavy (non-hydrogen) atoms. The van der Waals surface area contributed by atoms with Crippen molar-refractivity contribution in [2.24, 2.45) is 0 Å². The highest BCUT2D eigenvalue weighted by molar-refractivity contribution is 5.80. The second kappa shape index (κ2) is 45.6. The van der Waals surface area contributed by atoms with Crippen molar-refractivity contribution in [2.75, 3.05) is 6.54 Å². The molecule has 6 nitrogen and oxygen atoms in total. The van der Waals surface area contributed by atoms with E-state index in [1.165, 1.54) is 167 Å². The summed E-state index contributed by atoms with van der Waals surface area (Å²) in [4.78, 5) is 35.1. The highest BCUT2D eigenvalue weighted by atomic mass is 16.5. The summed E-state index contributed by atoms with van der Waals surface area (Å²) in [6, 6.07) is 0. The van der Waals surface area contributed by atoms with Crippen LogP contribution in [0.3, 0.4) is 0 Å². The lowest BCUT2D eigenvalue weighted by Crippen LogP contribution is -2.28. The molecule has 6 heteroatoms. The summed E-state index contributed by atoms with van der Waals surface area (Å²) in [5.74, 6) is -1.24. The average molecular weight is 788 g/mol. The molecule has 0 aromatic rings. The van der Waals surface area contributed by atoms with Crippen LogP contribution in [0, 0.1) is 0 Å². The number of allylic oxidation sites excluding steroid dienone is 4. The minimum Gasteiger partial charge on any atom is -0.480 e. The summed E-state index contributed by atoms with van der Waals surface area (Å²) in [6.45, 7) is 4.23. The van der Waals surface area contributed by atoms with Gasteiger partial charge in [-0.05, 0) is 83.5 Å². The number of aliphatic carboxylic acids is 1. The van der Waals surface area contributed by atoms with Gasteiger partial charge in [-0.25, -0.2) is 0 Å². The van der Waals surface area contributed by atoms with E-state index < -0.39 is 5.97 Å². The normalized spacial score (nSPS) is 12.2. The number of carboxylic acids is 1. The molecule has 328 valence electrons. The molecule has 1 unspecified atom stereocenters. The molecule has 0 aliphatic rings. The number of unbranched alkanes of at least 4 members (excludes halogenated alkanes) is 30. The number of ether oxygens (including phenoxy) is 1. The van der Waals surface area contributed by atoms with E-state index in [2.05, 4.69) is 43.5 Å². The minimum atomic E-state index is -1.02. The van der Waals surface area contributed by atoms with Crippen molar-refractivity contribution in [3.8, 4) is 0 Å². The van der Waals surface area contributed by atoms with Gasteiger partial charge in [-0.1, -0.05) is 192 Å². The molecule has 0 spiro atoms. The first kappa shape index (κ1) is 53.9. The summed E-state index contributed by atoms with van der Waals surface area (Å²) in [5, 5.41) is 11.1. The van der Waals surface area contributed by atoms with Crippen LogP contribution < -0.4 is 5.32 Å². The van der Waals surface area contributed by atoms with Gasteiger partial charge in [0.1, 0.15) is 12.6 Å². The topological polar surface area (TPSA) is 92.7 Å². The molecule has 0 saturated heterocycles. The fourth-order valence-corrected chi connectivity index (χ4v) is 7.45. The number of carbonyl (C=O) groups is 3. The van der Waals surface area contributed by atoms with Crippen LogP contribution in [-0.2, 0) is 19.1 Å². The lowest BCUT2D eigenvalue weighted by molar-refractivity contribution is -0.150. The standard InChI is InChI=1S/C50H93NO5/c1-3-5-7-9-11-13-15-16-17-18-19-20-21-22-23-24-25-26-28-30-32-37-41-45-50(55)56-47(42-38-34-31-29-27-14-12-10-8-6-4-2)43-39-35-33-36-40-44-48(52)51-46-49(53)54/h18-19,29,31,47H,3-17,20-28,30,32-46H2,1-2H3,(H,51,52)(H,53,54)/b19-18-,31-29-. The second-order valence-electron chi connectivity index (χ2n) is 16.7. The van der Waals surface area contributed by atoms with Gasteiger partial charge in [-0.15, -0.1) is 0 Å². The van der Waals surface area contributed by atoms with Gasteiger partial charge < -0.3 is 15.2 Å². The fraction of sp³-hybridized carbons (Fsp3) is 0.860. The van der Waals surface area contributed by atoms with E-state index in [1.54, 1.807) is 0 Å². The lowest BCUT2D eigenvalue weighted by Gasteiger charge is -2.18. The third-order valence-corrected chi connectivity index (χ3v) is 11.1. The lowest BCUT2D eigenvalue weighted by atomic mass is 10.0. The van der Waals surface area contributed by atoms with Crippen molar-refractivity contribution in [1.82, 2.24) is 5.32 Å². The van der Waals surface area contributed by atoms with E-state index in [4.69, 9.17) is 9.84 Å². The Morgan fingerprint density at radius 1 is 0.446 bits per heavy atom. The number of carboxylic acid groups (broad SMARTS) is 1. The van der Waals surface area contributed by atoms with Crippen LogP contribution in [0.1, 0.15) is 264 Å². The fourth-order valence-electron chi connectivity index (χ4n) is 7.45. The van der Waals surface area contributed by atoms with Gasteiger partial charge in [0.25, 0.3) is 0 Å². The number of hydrogen-bond acceptors (Lipinski definition) is 4. The largest absolute Gasteiger partial charge is 0.480 e. The number of carbonyl (C=O) groups excluding carboxylic acids is 2. The quantitative estimate of drug-likeness (QED) is 0.0364. The van der Waals surface area contributed by atoms with Gasteiger partial charge in [0.15, 0.2) is 0 Å². The van der Waals surface area contributed by atoms with Crippen molar-refractivity contribution < 1.29 is 24.2 Å². The molecule has 0 aliphatic heterocycles. The number of hydrogen-bond donors (Lipinski definition) is 2. The second-order valence-corrected chi connectivity index (χ2v) is 16.7. The summed E-state index contributed by atoms with van der Waals surface area (Å²) >= 11 is 0. The van der Waals surface area contributed by atoms with Crippen LogP contribution >= 0.6 is 0 Å². The zero-order valence-corrected chi connectivity index (χ0v) is 37.3. The van der Waals surface area contributed by atoms with Crippen molar-refractivity contribution in [2.45, 2.75) is 270 Å². The zero-order valence-electron chi connectivity index (χ0n) is 37.3. The van der Waals surface area contributed by atoms with Gasteiger partial charge in [0, 0.05) is 12.8 Å². The van der Waals surface area contributed by atoms with Crippen molar-refractivity contribution in [1.29, 1.82) is 0 Å². The van der Waals surface area contributed by atoms with Gasteiger partial charge in [-0.3, -0.25) is 14.4 Å². The van der Waals surface area contributed by atoms with Crippen LogP contribution in [0.25, 0.3) is 0 Å². The predicted octanol–water partition coefficient (Wildman–Crippen LogP) is 15.5. The average Bonchev–Trinajstić information content (AvgIpc) is 3.18.